The number of nitrogens with zero attached hydrogens (tertiary/aromatic N) is 5. The molecule has 7 nitrogen and oxygen atoms in total. The highest BCUT2D eigenvalue weighted by molar-refractivity contribution is 7.18. The zero-order valence-corrected chi connectivity index (χ0v) is 12.3. The molecule has 0 radical (unpaired) electrons. The van der Waals surface area contributed by atoms with E-state index in [1.54, 1.807) is 7.11 Å². The number of aryl methyl sites for hydroxylation is 1. The molecule has 1 aromatic carbocycles. The fourth-order valence-electron chi connectivity index (χ4n) is 1.86. The van der Waals surface area contributed by atoms with Gasteiger partial charge < -0.3 is 9.84 Å². The van der Waals surface area contributed by atoms with Gasteiger partial charge in [0.25, 0.3) is 0 Å². The second-order valence-electron chi connectivity index (χ2n) is 4.17. The lowest BCUT2D eigenvalue weighted by Crippen LogP contribution is -1.98. The smallest absolute Gasteiger partial charge is 0.234 e. The minimum atomic E-state index is -0.100. The average Bonchev–Trinajstić information content (AvgIpc) is 3.13. The van der Waals surface area contributed by atoms with Gasteiger partial charge in [-0.15, -0.1) is 21.5 Å². The summed E-state index contributed by atoms with van der Waals surface area (Å²) in [4.78, 5) is 6.13. The molecule has 0 unspecified atom stereocenters. The van der Waals surface area contributed by atoms with E-state index in [0.29, 0.717) is 28.0 Å². The number of tetrazole rings is 1. The summed E-state index contributed by atoms with van der Waals surface area (Å²) in [7, 11) is 1.60. The number of ether oxygens (including phenoxy) is 1. The lowest BCUT2D eigenvalue weighted by Gasteiger charge is -2.04. The van der Waals surface area contributed by atoms with Crippen molar-refractivity contribution < 1.29 is 9.84 Å². The van der Waals surface area contributed by atoms with Gasteiger partial charge in [0.1, 0.15) is 15.6 Å². The van der Waals surface area contributed by atoms with Crippen LogP contribution in [0.2, 0.25) is 0 Å². The number of thiazole rings is 1. The third-order valence-corrected chi connectivity index (χ3v) is 3.96. The zero-order valence-electron chi connectivity index (χ0n) is 11.5. The summed E-state index contributed by atoms with van der Waals surface area (Å²) in [5.41, 5.74) is 0.814. The number of para-hydroxylation sites is 1. The van der Waals surface area contributed by atoms with Crippen LogP contribution in [0.3, 0.4) is 0 Å². The van der Waals surface area contributed by atoms with Gasteiger partial charge in [-0.1, -0.05) is 12.1 Å². The van der Waals surface area contributed by atoms with Crippen LogP contribution < -0.4 is 4.74 Å². The van der Waals surface area contributed by atoms with Crippen LogP contribution in [-0.2, 0) is 6.54 Å². The van der Waals surface area contributed by atoms with Crippen molar-refractivity contribution in [3.05, 3.63) is 24.3 Å². The fraction of sp³-hybridized carbons (Fsp3) is 0.231. The summed E-state index contributed by atoms with van der Waals surface area (Å²) in [6, 6.07) is 7.50. The summed E-state index contributed by atoms with van der Waals surface area (Å²) < 4.78 is 5.31. The van der Waals surface area contributed by atoms with Gasteiger partial charge in [0.05, 0.1) is 19.2 Å². The zero-order chi connectivity index (χ0) is 14.8. The van der Waals surface area contributed by atoms with Crippen molar-refractivity contribution in [3.8, 4) is 32.9 Å². The topological polar surface area (TPSA) is 86.0 Å². The monoisotopic (exact) mass is 303 g/mol. The first-order valence-corrected chi connectivity index (χ1v) is 7.16. The van der Waals surface area contributed by atoms with E-state index in [4.69, 9.17) is 4.74 Å². The summed E-state index contributed by atoms with van der Waals surface area (Å²) >= 11 is 1.30. The van der Waals surface area contributed by atoms with Crippen molar-refractivity contribution in [1.29, 1.82) is 0 Å². The first-order valence-electron chi connectivity index (χ1n) is 6.34. The summed E-state index contributed by atoms with van der Waals surface area (Å²) in [6.07, 6.45) is 0. The Morgan fingerprint density at radius 1 is 1.33 bits per heavy atom. The first-order chi connectivity index (χ1) is 10.2. The second kappa shape index (κ2) is 5.49. The number of hydrogen-bond donors (Lipinski definition) is 1. The minimum absolute atomic E-state index is 0.100. The molecule has 0 bridgehead atoms. The molecule has 8 heteroatoms. The van der Waals surface area contributed by atoms with Crippen LogP contribution in [0.5, 0.6) is 11.6 Å². The molecule has 2 heterocycles. The molecule has 0 aliphatic carbocycles. The molecule has 108 valence electrons. The van der Waals surface area contributed by atoms with Gasteiger partial charge in [-0.3, -0.25) is 0 Å². The molecular weight excluding hydrogens is 290 g/mol. The molecule has 0 spiro atoms. The molecule has 21 heavy (non-hydrogen) atoms. The molecule has 0 saturated carbocycles. The highest BCUT2D eigenvalue weighted by Gasteiger charge is 2.19. The predicted octanol–water partition coefficient (Wildman–Crippen LogP) is 2.20. The summed E-state index contributed by atoms with van der Waals surface area (Å²) in [6.45, 7) is 2.53. The van der Waals surface area contributed by atoms with E-state index in [0.717, 1.165) is 5.56 Å². The molecular formula is C13H13N5O2S. The summed E-state index contributed by atoms with van der Waals surface area (Å²) in [5.74, 6) is 0.965. The minimum Gasteiger partial charge on any atom is -0.496 e. The maximum atomic E-state index is 10.0. The van der Waals surface area contributed by atoms with Crippen LogP contribution in [0.1, 0.15) is 6.92 Å². The van der Waals surface area contributed by atoms with Crippen LogP contribution in [0, 0.1) is 0 Å². The van der Waals surface area contributed by atoms with Gasteiger partial charge in [0.15, 0.2) is 0 Å². The largest absolute Gasteiger partial charge is 0.496 e. The Hall–Kier alpha value is -2.48. The molecule has 0 saturated heterocycles. The number of aromatic hydroxyl groups is 1. The van der Waals surface area contributed by atoms with Crippen molar-refractivity contribution in [2.45, 2.75) is 13.5 Å². The van der Waals surface area contributed by atoms with Crippen LogP contribution >= 0.6 is 11.3 Å². The van der Waals surface area contributed by atoms with E-state index in [1.807, 2.05) is 31.2 Å². The van der Waals surface area contributed by atoms with Gasteiger partial charge in [-0.05, 0) is 24.3 Å². The Kier molecular flexibility index (Phi) is 3.53. The highest BCUT2D eigenvalue weighted by Crippen LogP contribution is 2.40. The number of rotatable bonds is 4. The van der Waals surface area contributed by atoms with Crippen molar-refractivity contribution >= 4 is 11.3 Å². The summed E-state index contributed by atoms with van der Waals surface area (Å²) in [5, 5.41) is 22.7. The standard InChI is InChI=1S/C13H13N5O2S/c1-3-18-16-11(15-17-18)10-12(19)14-13(21-10)8-6-4-5-7-9(8)20-2/h4-7,19H,3H2,1-2H3. The van der Waals surface area contributed by atoms with Crippen molar-refractivity contribution in [1.82, 2.24) is 25.2 Å². The van der Waals surface area contributed by atoms with E-state index in [-0.39, 0.29) is 5.88 Å². The molecule has 0 amide bonds. The first kappa shape index (κ1) is 13.5. The maximum absolute atomic E-state index is 10.0. The lowest BCUT2D eigenvalue weighted by atomic mass is 10.2. The van der Waals surface area contributed by atoms with E-state index >= 15 is 0 Å². The SMILES string of the molecule is CCn1nnc(-c2sc(-c3ccccc3OC)nc2O)n1. The van der Waals surface area contributed by atoms with Crippen LogP contribution in [0.4, 0.5) is 0 Å². The predicted molar refractivity (Wildman–Crippen MR) is 78.3 cm³/mol. The molecule has 0 aliphatic heterocycles. The number of aromatic nitrogens is 5. The van der Waals surface area contributed by atoms with E-state index < -0.39 is 0 Å². The maximum Gasteiger partial charge on any atom is 0.234 e. The molecule has 0 fully saturated rings. The number of methoxy groups -OCH3 is 1. The Morgan fingerprint density at radius 2 is 2.14 bits per heavy atom. The fourth-order valence-corrected chi connectivity index (χ4v) is 2.78. The van der Waals surface area contributed by atoms with Gasteiger partial charge in [-0.2, -0.15) is 4.80 Å². The molecule has 3 rings (SSSR count). The van der Waals surface area contributed by atoms with Crippen LogP contribution in [-0.4, -0.2) is 37.4 Å². The van der Waals surface area contributed by atoms with Gasteiger partial charge in [-0.25, -0.2) is 4.98 Å². The average molecular weight is 303 g/mol. The van der Waals surface area contributed by atoms with Crippen LogP contribution in [0.15, 0.2) is 24.3 Å². The van der Waals surface area contributed by atoms with Crippen molar-refractivity contribution in [2.24, 2.45) is 0 Å². The Labute approximate surface area is 124 Å². The van der Waals surface area contributed by atoms with Crippen molar-refractivity contribution in [2.75, 3.05) is 7.11 Å². The van der Waals surface area contributed by atoms with Gasteiger partial charge in [0, 0.05) is 0 Å². The van der Waals surface area contributed by atoms with Gasteiger partial charge in [0.2, 0.25) is 11.7 Å². The molecule has 2 aromatic heterocycles. The molecule has 3 aromatic rings. The van der Waals surface area contributed by atoms with E-state index in [1.165, 1.54) is 16.1 Å². The molecule has 0 aliphatic rings. The number of benzene rings is 1. The van der Waals surface area contributed by atoms with E-state index in [2.05, 4.69) is 20.4 Å². The highest BCUT2D eigenvalue weighted by atomic mass is 32.1. The Balaban J connectivity index is 2.05. The third kappa shape index (κ3) is 2.45. The number of hydrogen-bond acceptors (Lipinski definition) is 7. The Morgan fingerprint density at radius 3 is 2.86 bits per heavy atom. The third-order valence-electron chi connectivity index (χ3n) is 2.89. The van der Waals surface area contributed by atoms with Crippen molar-refractivity contribution in [3.63, 3.8) is 0 Å². The normalized spacial score (nSPS) is 10.8. The molecule has 1 N–H and O–H groups in total. The van der Waals surface area contributed by atoms with E-state index in [9.17, 15) is 5.11 Å². The Bertz CT molecular complexity index is 768. The van der Waals surface area contributed by atoms with Crippen LogP contribution in [0.25, 0.3) is 21.3 Å². The van der Waals surface area contributed by atoms with Gasteiger partial charge >= 0.3 is 0 Å². The second-order valence-corrected chi connectivity index (χ2v) is 5.17. The quantitative estimate of drug-likeness (QED) is 0.795. The molecule has 0 atom stereocenters. The lowest BCUT2D eigenvalue weighted by molar-refractivity contribution is 0.416.